The van der Waals surface area contributed by atoms with Gasteiger partial charge in [0.25, 0.3) is 0 Å². The second-order valence-corrected chi connectivity index (χ2v) is 14.2. The Hall–Kier alpha value is -2.58. The SMILES string of the molecule is C=C/C=C\[C](=C/C)[Ge](/[C](C=C)=C/C=C)(/[C](C=C)=C/C(=C)C)[c]1ccccc1. The molecule has 1 aromatic carbocycles. The Morgan fingerprint density at radius 1 is 0.889 bits per heavy atom. The first-order valence-corrected chi connectivity index (χ1v) is 13.2. The molecule has 0 spiro atoms. The van der Waals surface area contributed by atoms with Crippen molar-refractivity contribution in [2.45, 2.75) is 13.8 Å². The molecule has 0 nitrogen and oxygen atoms in total. The molecule has 1 unspecified atom stereocenters. The first-order chi connectivity index (χ1) is 13.0. The summed E-state index contributed by atoms with van der Waals surface area (Å²) in [6.45, 7) is 24.3. The van der Waals surface area contributed by atoms with Crippen LogP contribution in [0.1, 0.15) is 13.8 Å². The molecule has 138 valence electrons. The van der Waals surface area contributed by atoms with Crippen LogP contribution in [0.25, 0.3) is 0 Å². The van der Waals surface area contributed by atoms with Gasteiger partial charge in [-0.25, -0.2) is 0 Å². The van der Waals surface area contributed by atoms with Gasteiger partial charge < -0.3 is 0 Å². The molecule has 0 bridgehead atoms. The van der Waals surface area contributed by atoms with E-state index in [0.29, 0.717) is 0 Å². The summed E-state index contributed by atoms with van der Waals surface area (Å²) in [5.74, 6) is 0. The summed E-state index contributed by atoms with van der Waals surface area (Å²) in [5.41, 5.74) is 1.00. The van der Waals surface area contributed by atoms with Crippen LogP contribution < -0.4 is 4.40 Å². The Balaban J connectivity index is 4.20. The second-order valence-electron chi connectivity index (χ2n) is 6.17. The molecular weight excluding hydrogens is 385 g/mol. The Kier molecular flexibility index (Phi) is 9.32. The molecule has 1 atom stereocenters. The standard InChI is InChI=1S/C26H30Ge/c1-8-13-18-24(11-4)27(23(10-3)17-9-2,25(12-5)21-22(6)7)26-19-15-14-16-20-26/h8-21H,1-3,5-6H2,4,7H3/b18-13-,23-17+,24-11+,25-21+. The molecular formula is C26H30Ge. The third kappa shape index (κ3) is 4.99. The fourth-order valence-electron chi connectivity index (χ4n) is 3.36. The quantitative estimate of drug-likeness (QED) is 0.297. The topological polar surface area (TPSA) is 0 Å². The average Bonchev–Trinajstić information content (AvgIpc) is 2.69. The van der Waals surface area contributed by atoms with Crippen LogP contribution in [0.5, 0.6) is 0 Å². The third-order valence-electron chi connectivity index (χ3n) is 4.37. The molecule has 1 heteroatoms. The molecule has 1 rings (SSSR count). The number of hydrogen-bond acceptors (Lipinski definition) is 0. The summed E-state index contributed by atoms with van der Waals surface area (Å²) in [5, 5.41) is 0. The summed E-state index contributed by atoms with van der Waals surface area (Å²) in [6, 6.07) is 10.7. The van der Waals surface area contributed by atoms with Gasteiger partial charge in [-0.05, 0) is 0 Å². The van der Waals surface area contributed by atoms with Crippen molar-refractivity contribution < 1.29 is 0 Å². The molecule has 0 aliphatic heterocycles. The molecule has 0 N–H and O–H groups in total. The van der Waals surface area contributed by atoms with Crippen molar-refractivity contribution in [1.82, 2.24) is 0 Å². The van der Waals surface area contributed by atoms with E-state index in [1.165, 1.54) is 17.6 Å². The van der Waals surface area contributed by atoms with Gasteiger partial charge in [-0.1, -0.05) is 0 Å². The van der Waals surface area contributed by atoms with Crippen LogP contribution in [0, 0.1) is 0 Å². The average molecular weight is 415 g/mol. The van der Waals surface area contributed by atoms with Crippen LogP contribution in [-0.2, 0) is 0 Å². The van der Waals surface area contributed by atoms with Crippen molar-refractivity contribution in [1.29, 1.82) is 0 Å². The van der Waals surface area contributed by atoms with Crippen LogP contribution in [0.4, 0.5) is 0 Å². The van der Waals surface area contributed by atoms with Gasteiger partial charge in [-0.2, -0.15) is 0 Å². The zero-order valence-corrected chi connectivity index (χ0v) is 18.7. The molecule has 0 radical (unpaired) electrons. The molecule has 0 heterocycles. The first kappa shape index (κ1) is 22.5. The maximum absolute atomic E-state index is 4.16. The van der Waals surface area contributed by atoms with Crippen LogP contribution in [0.15, 0.2) is 137 Å². The zero-order valence-electron chi connectivity index (χ0n) is 16.6. The monoisotopic (exact) mass is 416 g/mol. The van der Waals surface area contributed by atoms with Crippen molar-refractivity contribution in [2.75, 3.05) is 0 Å². The molecule has 0 saturated heterocycles. The number of rotatable bonds is 10. The van der Waals surface area contributed by atoms with E-state index in [9.17, 15) is 0 Å². The molecule has 0 aliphatic carbocycles. The van der Waals surface area contributed by atoms with Gasteiger partial charge in [0.05, 0.1) is 0 Å². The number of allylic oxidation sites excluding steroid dienone is 13. The molecule has 0 aromatic heterocycles. The summed E-state index contributed by atoms with van der Waals surface area (Å²) >= 11 is -3.30. The van der Waals surface area contributed by atoms with E-state index >= 15 is 0 Å². The second kappa shape index (κ2) is 11.2. The van der Waals surface area contributed by atoms with Crippen LogP contribution in [0.2, 0.25) is 0 Å². The first-order valence-electron chi connectivity index (χ1n) is 9.00. The van der Waals surface area contributed by atoms with Gasteiger partial charge >= 0.3 is 168 Å². The van der Waals surface area contributed by atoms with Crippen LogP contribution in [0.3, 0.4) is 0 Å². The van der Waals surface area contributed by atoms with E-state index in [2.05, 4.69) is 88.4 Å². The van der Waals surface area contributed by atoms with E-state index in [0.717, 1.165) is 5.57 Å². The fourth-order valence-corrected chi connectivity index (χ4v) is 13.7. The minimum atomic E-state index is -3.30. The van der Waals surface area contributed by atoms with E-state index < -0.39 is 13.3 Å². The normalized spacial score (nSPS) is 15.1. The van der Waals surface area contributed by atoms with Gasteiger partial charge in [0.2, 0.25) is 0 Å². The molecule has 1 aromatic rings. The molecule has 0 amide bonds. The summed E-state index contributed by atoms with van der Waals surface area (Å²) in [4.78, 5) is 0. The zero-order chi connectivity index (χ0) is 20.3. The van der Waals surface area contributed by atoms with Crippen molar-refractivity contribution in [2.24, 2.45) is 0 Å². The summed E-state index contributed by atoms with van der Waals surface area (Å²) < 4.78 is 5.00. The predicted octanol–water partition coefficient (Wildman–Crippen LogP) is 6.64. The van der Waals surface area contributed by atoms with E-state index in [4.69, 9.17) is 0 Å². The van der Waals surface area contributed by atoms with Crippen LogP contribution in [-0.4, -0.2) is 13.3 Å². The van der Waals surface area contributed by atoms with Crippen LogP contribution >= 0.6 is 0 Å². The summed E-state index contributed by atoms with van der Waals surface area (Å²) in [7, 11) is 0. The van der Waals surface area contributed by atoms with E-state index in [1.807, 2.05) is 43.4 Å². The minimum absolute atomic E-state index is 1.00. The molecule has 27 heavy (non-hydrogen) atoms. The molecule has 0 fully saturated rings. The Labute approximate surface area is 168 Å². The molecule has 0 aliphatic rings. The van der Waals surface area contributed by atoms with Gasteiger partial charge in [-0.3, -0.25) is 0 Å². The van der Waals surface area contributed by atoms with Crippen molar-refractivity contribution in [3.63, 3.8) is 0 Å². The number of hydrogen-bond donors (Lipinski definition) is 0. The Bertz CT molecular complexity index is 828. The predicted molar refractivity (Wildman–Crippen MR) is 126 cm³/mol. The fraction of sp³-hybridized carbons (Fsp3) is 0.0769. The van der Waals surface area contributed by atoms with Crippen molar-refractivity contribution in [3.8, 4) is 0 Å². The van der Waals surface area contributed by atoms with Gasteiger partial charge in [0, 0.05) is 0 Å². The van der Waals surface area contributed by atoms with Gasteiger partial charge in [-0.15, -0.1) is 0 Å². The Morgan fingerprint density at radius 3 is 1.96 bits per heavy atom. The Morgan fingerprint density at radius 2 is 1.52 bits per heavy atom. The summed E-state index contributed by atoms with van der Waals surface area (Å²) in [6.07, 6.45) is 18.2. The van der Waals surface area contributed by atoms with Crippen molar-refractivity contribution >= 4 is 17.7 Å². The van der Waals surface area contributed by atoms with E-state index in [-0.39, 0.29) is 0 Å². The molecule has 0 saturated carbocycles. The number of benzene rings is 1. The van der Waals surface area contributed by atoms with Gasteiger partial charge in [0.15, 0.2) is 0 Å². The van der Waals surface area contributed by atoms with Gasteiger partial charge in [0.1, 0.15) is 0 Å². The maximum atomic E-state index is 4.16. The van der Waals surface area contributed by atoms with E-state index in [1.54, 1.807) is 0 Å². The third-order valence-corrected chi connectivity index (χ3v) is 14.8. The van der Waals surface area contributed by atoms with Crippen molar-refractivity contribution in [3.05, 3.63) is 137 Å².